The van der Waals surface area contributed by atoms with Crippen LogP contribution in [0.25, 0.3) is 0 Å². The number of anilines is 1. The lowest BCUT2D eigenvalue weighted by Gasteiger charge is -2.23. The van der Waals surface area contributed by atoms with Crippen molar-refractivity contribution in [1.29, 1.82) is 0 Å². The Morgan fingerprint density at radius 2 is 2.03 bits per heavy atom. The summed E-state index contributed by atoms with van der Waals surface area (Å²) in [5.41, 5.74) is 8.09. The van der Waals surface area contributed by atoms with Gasteiger partial charge in [-0.05, 0) is 36.6 Å². The molecule has 3 N–H and O–H groups in total. The second-order valence-electron chi connectivity index (χ2n) is 9.12. The van der Waals surface area contributed by atoms with Crippen LogP contribution in [0.15, 0.2) is 60.5 Å². The number of nitrogen functional groups attached to an aromatic ring is 1. The molecule has 1 saturated heterocycles. The van der Waals surface area contributed by atoms with Crippen molar-refractivity contribution in [3.63, 3.8) is 0 Å². The average Bonchev–Trinajstić information content (AvgIpc) is 3.44. The van der Waals surface area contributed by atoms with Crippen LogP contribution in [-0.4, -0.2) is 64.6 Å². The number of aliphatic imine (C=N–C) groups is 1. The molecule has 3 heterocycles. The molecule has 0 bridgehead atoms. The van der Waals surface area contributed by atoms with E-state index in [9.17, 15) is 9.59 Å². The van der Waals surface area contributed by atoms with Crippen molar-refractivity contribution in [3.05, 3.63) is 83.8 Å². The number of nitrogens with two attached hydrogens (primary N) is 1. The zero-order valence-corrected chi connectivity index (χ0v) is 22.0. The normalized spacial score (nSPS) is 16.1. The summed E-state index contributed by atoms with van der Waals surface area (Å²) in [6, 6.07) is 7.42. The number of halogens is 1. The summed E-state index contributed by atoms with van der Waals surface area (Å²) < 4.78 is 21.3. The lowest BCUT2D eigenvalue weighted by atomic mass is 9.86. The molecule has 4 rings (SSSR count). The number of hydrogen-bond donors (Lipinski definition) is 2. The summed E-state index contributed by atoms with van der Waals surface area (Å²) in [7, 11) is 3.05. The first-order valence-electron chi connectivity index (χ1n) is 12.4. The molecule has 0 radical (unpaired) electrons. The fourth-order valence-electron chi connectivity index (χ4n) is 4.73. The van der Waals surface area contributed by atoms with Crippen LogP contribution in [0.5, 0.6) is 11.5 Å². The summed E-state index contributed by atoms with van der Waals surface area (Å²) in [5.74, 6) is -0.291. The van der Waals surface area contributed by atoms with Gasteiger partial charge in [-0.3, -0.25) is 19.6 Å². The highest BCUT2D eigenvalue weighted by Crippen LogP contribution is 2.35. The van der Waals surface area contributed by atoms with Gasteiger partial charge in [0.2, 0.25) is 5.91 Å². The quantitative estimate of drug-likeness (QED) is 0.336. The number of ether oxygens (including phenoxy) is 1. The molecule has 39 heavy (non-hydrogen) atoms. The molecule has 3 aromatic rings. The summed E-state index contributed by atoms with van der Waals surface area (Å²) in [5, 5.41) is 2.50. The van der Waals surface area contributed by atoms with Gasteiger partial charge in [0.25, 0.3) is 5.91 Å². The van der Waals surface area contributed by atoms with Crippen molar-refractivity contribution in [3.8, 4) is 11.5 Å². The number of hydrogen-bond acceptors (Lipinski definition) is 8. The molecule has 10 nitrogen and oxygen atoms in total. The molecule has 2 amide bonds. The standard InChI is InChI=1S/C28H30FN7O3/c1-5-23(37)36-11-9-17(14-36)16(2)25-24(27(30)35-15-34-25)26(31-3)20-7-6-18(12-21(20)29)39-19-8-10-33-22(13-19)28(38)32-4/h5-8,10,12-13,15-17H,1,9,11,14H2,2-4H3,(H,32,38)(H2,30,34,35)/b31-26-. The number of carbonyl (C=O) groups excluding carboxylic acids is 2. The predicted molar refractivity (Wildman–Crippen MR) is 145 cm³/mol. The molecule has 2 atom stereocenters. The van der Waals surface area contributed by atoms with Crippen molar-refractivity contribution in [1.82, 2.24) is 25.2 Å². The number of rotatable bonds is 8. The zero-order valence-electron chi connectivity index (χ0n) is 22.0. The molecule has 2 unspecified atom stereocenters. The largest absolute Gasteiger partial charge is 0.457 e. The number of carbonyl (C=O) groups is 2. The molecular formula is C28H30FN7O3. The molecule has 11 heteroatoms. The maximum atomic E-state index is 15.5. The molecule has 1 aliphatic heterocycles. The molecule has 1 fully saturated rings. The van der Waals surface area contributed by atoms with Gasteiger partial charge in [0.05, 0.1) is 17.0 Å². The van der Waals surface area contributed by atoms with Gasteiger partial charge in [-0.1, -0.05) is 13.5 Å². The topological polar surface area (TPSA) is 136 Å². The Morgan fingerprint density at radius 3 is 2.72 bits per heavy atom. The van der Waals surface area contributed by atoms with Crippen LogP contribution >= 0.6 is 0 Å². The van der Waals surface area contributed by atoms with Crippen molar-refractivity contribution in [2.45, 2.75) is 19.3 Å². The smallest absolute Gasteiger partial charge is 0.269 e. The van der Waals surface area contributed by atoms with Gasteiger partial charge in [0.15, 0.2) is 0 Å². The third-order valence-electron chi connectivity index (χ3n) is 6.84. The van der Waals surface area contributed by atoms with Crippen molar-refractivity contribution >= 4 is 23.3 Å². The van der Waals surface area contributed by atoms with Gasteiger partial charge >= 0.3 is 0 Å². The van der Waals surface area contributed by atoms with Crippen LogP contribution in [0.4, 0.5) is 10.2 Å². The lowest BCUT2D eigenvalue weighted by molar-refractivity contribution is -0.125. The first kappa shape index (κ1) is 27.4. The Balaban J connectivity index is 1.63. The minimum absolute atomic E-state index is 0.100. The third-order valence-corrected chi connectivity index (χ3v) is 6.84. The molecule has 202 valence electrons. The van der Waals surface area contributed by atoms with E-state index in [-0.39, 0.29) is 46.5 Å². The Morgan fingerprint density at radius 1 is 1.26 bits per heavy atom. The van der Waals surface area contributed by atoms with E-state index in [1.54, 1.807) is 30.1 Å². The second kappa shape index (κ2) is 11.8. The van der Waals surface area contributed by atoms with Crippen LogP contribution in [-0.2, 0) is 4.79 Å². The van der Waals surface area contributed by atoms with Gasteiger partial charge in [-0.25, -0.2) is 14.4 Å². The number of likely N-dealkylation sites (tertiary alicyclic amines) is 1. The third kappa shape index (κ3) is 5.77. The van der Waals surface area contributed by atoms with Crippen LogP contribution in [0.2, 0.25) is 0 Å². The van der Waals surface area contributed by atoms with Gasteiger partial charge in [-0.2, -0.15) is 0 Å². The SMILES string of the molecule is C=CC(=O)N1CCC(C(C)c2ncnc(N)c2/C(=N\C)c2ccc(Oc3ccnc(C(=O)NC)c3)cc2F)C1. The molecule has 0 spiro atoms. The molecule has 2 aromatic heterocycles. The van der Waals surface area contributed by atoms with E-state index in [2.05, 4.69) is 31.8 Å². The zero-order chi connectivity index (χ0) is 28.1. The van der Waals surface area contributed by atoms with Crippen LogP contribution in [0.1, 0.15) is 46.6 Å². The highest BCUT2D eigenvalue weighted by atomic mass is 19.1. The van der Waals surface area contributed by atoms with E-state index in [0.29, 0.717) is 35.8 Å². The van der Waals surface area contributed by atoms with Crippen molar-refractivity contribution < 1.29 is 18.7 Å². The van der Waals surface area contributed by atoms with E-state index < -0.39 is 5.82 Å². The average molecular weight is 532 g/mol. The van der Waals surface area contributed by atoms with E-state index in [1.165, 1.54) is 37.8 Å². The molecule has 0 aliphatic carbocycles. The van der Waals surface area contributed by atoms with Gasteiger partial charge < -0.3 is 20.7 Å². The van der Waals surface area contributed by atoms with Gasteiger partial charge in [-0.15, -0.1) is 0 Å². The maximum absolute atomic E-state index is 15.5. The van der Waals surface area contributed by atoms with E-state index in [4.69, 9.17) is 10.5 Å². The summed E-state index contributed by atoms with van der Waals surface area (Å²) >= 11 is 0. The first-order chi connectivity index (χ1) is 18.8. The Labute approximate surface area is 225 Å². The number of amides is 2. The Bertz CT molecular complexity index is 1440. The lowest BCUT2D eigenvalue weighted by Crippen LogP contribution is -2.28. The number of benzene rings is 1. The maximum Gasteiger partial charge on any atom is 0.269 e. The van der Waals surface area contributed by atoms with E-state index in [0.717, 1.165) is 6.42 Å². The molecular weight excluding hydrogens is 501 g/mol. The second-order valence-corrected chi connectivity index (χ2v) is 9.12. The van der Waals surface area contributed by atoms with Crippen molar-refractivity contribution in [2.24, 2.45) is 10.9 Å². The number of nitrogens with one attached hydrogen (secondary N) is 1. The number of aromatic nitrogens is 3. The Hall–Kier alpha value is -4.67. The molecule has 1 aliphatic rings. The van der Waals surface area contributed by atoms with Gasteiger partial charge in [0, 0.05) is 57.0 Å². The van der Waals surface area contributed by atoms with Crippen molar-refractivity contribution in [2.75, 3.05) is 32.9 Å². The minimum Gasteiger partial charge on any atom is -0.457 e. The first-order valence-corrected chi connectivity index (χ1v) is 12.4. The highest BCUT2D eigenvalue weighted by molar-refractivity contribution is 6.16. The highest BCUT2D eigenvalue weighted by Gasteiger charge is 2.33. The summed E-state index contributed by atoms with van der Waals surface area (Å²) in [6.45, 7) is 6.77. The summed E-state index contributed by atoms with van der Waals surface area (Å²) in [6.07, 6.45) is 4.92. The van der Waals surface area contributed by atoms with Crippen LogP contribution < -0.4 is 15.8 Å². The summed E-state index contributed by atoms with van der Waals surface area (Å²) in [4.78, 5) is 42.8. The Kier molecular flexibility index (Phi) is 8.28. The van der Waals surface area contributed by atoms with Crippen LogP contribution in [0.3, 0.4) is 0 Å². The molecule has 1 aromatic carbocycles. The fraction of sp³-hybridized carbons (Fsp3) is 0.286. The van der Waals surface area contributed by atoms with Crippen LogP contribution in [0, 0.1) is 11.7 Å². The minimum atomic E-state index is -0.584. The van der Waals surface area contributed by atoms with E-state index in [1.807, 2.05) is 6.92 Å². The van der Waals surface area contributed by atoms with E-state index >= 15 is 4.39 Å². The fourth-order valence-corrected chi connectivity index (χ4v) is 4.73. The van der Waals surface area contributed by atoms with Gasteiger partial charge in [0.1, 0.15) is 35.2 Å². The number of pyridine rings is 1. The monoisotopic (exact) mass is 531 g/mol. The molecule has 0 saturated carbocycles. The predicted octanol–water partition coefficient (Wildman–Crippen LogP) is 3.35. The number of nitrogens with zero attached hydrogens (tertiary/aromatic N) is 5.